The van der Waals surface area contributed by atoms with Gasteiger partial charge in [-0.15, -0.1) is 0 Å². The van der Waals surface area contributed by atoms with E-state index in [4.69, 9.17) is 28.4 Å². The maximum Gasteiger partial charge on any atom is 0.295 e. The molecule has 0 saturated heterocycles. The van der Waals surface area contributed by atoms with Gasteiger partial charge < -0.3 is 9.47 Å². The van der Waals surface area contributed by atoms with Crippen molar-refractivity contribution in [2.24, 2.45) is 7.05 Å². The minimum atomic E-state index is -0.689. The fourth-order valence-corrected chi connectivity index (χ4v) is 2.89. The number of amides is 2. The molecule has 0 bridgehead atoms. The fraction of sp³-hybridized carbons (Fsp3) is 0.308. The van der Waals surface area contributed by atoms with Gasteiger partial charge in [-0.2, -0.15) is 5.10 Å². The zero-order valence-corrected chi connectivity index (χ0v) is 13.6. The van der Waals surface area contributed by atoms with Gasteiger partial charge in [0.2, 0.25) is 0 Å². The molecule has 1 aliphatic heterocycles. The van der Waals surface area contributed by atoms with E-state index >= 15 is 0 Å². The van der Waals surface area contributed by atoms with E-state index in [1.54, 1.807) is 16.6 Å². The highest BCUT2D eigenvalue weighted by molar-refractivity contribution is 6.41. The number of hydrogen-bond acceptors (Lipinski definition) is 4. The molecule has 0 atom stereocenters. The average Bonchev–Trinajstić information content (AvgIpc) is 3.09. The number of fused-ring (bicyclic) bond motifs is 1. The van der Waals surface area contributed by atoms with Gasteiger partial charge in [0, 0.05) is 13.6 Å². The zero-order chi connectivity index (χ0) is 16.7. The lowest BCUT2D eigenvalue weighted by molar-refractivity contribution is 0.0686. The van der Waals surface area contributed by atoms with Gasteiger partial charge >= 0.3 is 0 Å². The van der Waals surface area contributed by atoms with Gasteiger partial charge in [0.15, 0.2) is 5.69 Å². The predicted octanol–water partition coefficient (Wildman–Crippen LogP) is 1.30. The Kier molecular flexibility index (Phi) is 4.05. The van der Waals surface area contributed by atoms with Crippen LogP contribution in [0.2, 0.25) is 10.2 Å². The first-order valence-electron chi connectivity index (χ1n) is 6.73. The van der Waals surface area contributed by atoms with E-state index in [0.29, 0.717) is 41.2 Å². The average molecular weight is 358 g/mol. The molecule has 122 valence electrons. The minimum Gasteiger partial charge on any atom is -0.330 e. The van der Waals surface area contributed by atoms with Crippen LogP contribution >= 0.6 is 23.2 Å². The van der Waals surface area contributed by atoms with E-state index in [2.05, 4.69) is 5.10 Å². The molecule has 2 aromatic heterocycles. The Bertz CT molecular complexity index is 798. The summed E-state index contributed by atoms with van der Waals surface area (Å²) >= 11 is 11.9. The number of aromatic nitrogens is 3. The van der Waals surface area contributed by atoms with Gasteiger partial charge in [-0.3, -0.25) is 19.5 Å². The van der Waals surface area contributed by atoms with Crippen molar-refractivity contribution in [3.05, 3.63) is 39.4 Å². The number of nitrogens with zero attached hydrogens (tertiary/aromatic N) is 4. The van der Waals surface area contributed by atoms with Crippen molar-refractivity contribution < 1.29 is 14.8 Å². The smallest absolute Gasteiger partial charge is 0.295 e. The van der Waals surface area contributed by atoms with Crippen molar-refractivity contribution in [2.75, 3.05) is 6.54 Å². The summed E-state index contributed by atoms with van der Waals surface area (Å²) in [4.78, 5) is 25.7. The van der Waals surface area contributed by atoms with Crippen LogP contribution in [0.3, 0.4) is 0 Å². The summed E-state index contributed by atoms with van der Waals surface area (Å²) in [5.41, 5.74) is 2.73. The number of nitrogens with one attached hydrogen (secondary N) is 1. The third-order valence-electron chi connectivity index (χ3n) is 3.75. The molecule has 0 aliphatic carbocycles. The molecule has 1 aliphatic rings. The van der Waals surface area contributed by atoms with Crippen molar-refractivity contribution in [3.63, 3.8) is 0 Å². The minimum absolute atomic E-state index is 0.0988. The lowest BCUT2D eigenvalue weighted by Gasteiger charge is -2.27. The molecule has 23 heavy (non-hydrogen) atoms. The molecule has 0 aromatic carbocycles. The Morgan fingerprint density at radius 1 is 1.30 bits per heavy atom. The summed E-state index contributed by atoms with van der Waals surface area (Å²) in [7, 11) is 1.67. The molecule has 8 nitrogen and oxygen atoms in total. The van der Waals surface area contributed by atoms with Gasteiger partial charge in [0.05, 0.1) is 23.8 Å². The van der Waals surface area contributed by atoms with Gasteiger partial charge in [-0.05, 0) is 12.1 Å². The Morgan fingerprint density at radius 2 is 2.04 bits per heavy atom. The molecule has 3 heterocycles. The summed E-state index contributed by atoms with van der Waals surface area (Å²) in [5, 5.41) is 13.4. The molecule has 0 spiro atoms. The highest BCUT2D eigenvalue weighted by Gasteiger charge is 2.27. The van der Waals surface area contributed by atoms with E-state index in [0.717, 1.165) is 0 Å². The molecule has 0 radical (unpaired) electrons. The molecule has 0 unspecified atom stereocenters. The molecule has 2 amide bonds. The van der Waals surface area contributed by atoms with Crippen LogP contribution in [-0.4, -0.2) is 42.8 Å². The quantitative estimate of drug-likeness (QED) is 0.625. The van der Waals surface area contributed by atoms with E-state index < -0.39 is 5.91 Å². The first kappa shape index (κ1) is 15.9. The molecule has 2 N–H and O–H groups in total. The lowest BCUT2D eigenvalue weighted by atomic mass is 10.2. The second-order valence-electron chi connectivity index (χ2n) is 5.14. The third kappa shape index (κ3) is 2.69. The van der Waals surface area contributed by atoms with E-state index in [9.17, 15) is 9.59 Å². The monoisotopic (exact) mass is 357 g/mol. The Labute approximate surface area is 141 Å². The molecule has 0 fully saturated rings. The topological polar surface area (TPSA) is 92.4 Å². The Balaban J connectivity index is 1.84. The van der Waals surface area contributed by atoms with Crippen molar-refractivity contribution in [1.29, 1.82) is 0 Å². The van der Waals surface area contributed by atoms with Crippen LogP contribution in [0, 0.1) is 0 Å². The van der Waals surface area contributed by atoms with Crippen molar-refractivity contribution in [3.8, 4) is 0 Å². The second kappa shape index (κ2) is 5.88. The number of rotatable bonds is 2. The van der Waals surface area contributed by atoms with Gasteiger partial charge in [-0.1, -0.05) is 23.2 Å². The number of hydroxylamine groups is 1. The standard InChI is InChI=1S/C13H13Cl2N5O3/c1-18-10(5-8(14)11(18)15)13(22)19-2-3-20-7(6-19)4-9(16-20)12(21)17-23/h4-5,23H,2-3,6H2,1H3,(H,17,21). The van der Waals surface area contributed by atoms with Crippen molar-refractivity contribution >= 4 is 35.0 Å². The van der Waals surface area contributed by atoms with Crippen LogP contribution in [-0.2, 0) is 20.1 Å². The molecule has 0 saturated carbocycles. The molecule has 10 heteroatoms. The summed E-state index contributed by atoms with van der Waals surface area (Å²) in [5.74, 6) is -0.896. The highest BCUT2D eigenvalue weighted by atomic mass is 35.5. The number of carbonyl (C=O) groups is 2. The highest BCUT2D eigenvalue weighted by Crippen LogP contribution is 2.26. The Hall–Kier alpha value is -2.03. The molecule has 2 aromatic rings. The van der Waals surface area contributed by atoms with Crippen molar-refractivity contribution in [2.45, 2.75) is 13.1 Å². The normalized spacial score (nSPS) is 13.8. The summed E-state index contributed by atoms with van der Waals surface area (Å²) in [6.45, 7) is 1.19. The van der Waals surface area contributed by atoms with Crippen LogP contribution in [0.5, 0.6) is 0 Å². The van der Waals surface area contributed by atoms with Gasteiger partial charge in [0.1, 0.15) is 10.8 Å². The second-order valence-corrected chi connectivity index (χ2v) is 5.90. The molecular formula is C13H13Cl2N5O3. The zero-order valence-electron chi connectivity index (χ0n) is 12.1. The number of carbonyl (C=O) groups excluding carboxylic acids is 2. The fourth-order valence-electron chi connectivity index (χ4n) is 2.52. The molecular weight excluding hydrogens is 345 g/mol. The number of hydrogen-bond donors (Lipinski definition) is 2. The Morgan fingerprint density at radius 3 is 2.65 bits per heavy atom. The van der Waals surface area contributed by atoms with Gasteiger partial charge in [-0.25, -0.2) is 5.48 Å². The summed E-state index contributed by atoms with van der Waals surface area (Å²) in [6, 6.07) is 3.07. The third-order valence-corrected chi connectivity index (χ3v) is 4.60. The van der Waals surface area contributed by atoms with E-state index in [-0.39, 0.29) is 11.6 Å². The number of halogens is 2. The van der Waals surface area contributed by atoms with Crippen LogP contribution in [0.15, 0.2) is 12.1 Å². The van der Waals surface area contributed by atoms with Crippen LogP contribution in [0.1, 0.15) is 26.7 Å². The van der Waals surface area contributed by atoms with Crippen LogP contribution in [0.25, 0.3) is 0 Å². The van der Waals surface area contributed by atoms with E-state index in [1.165, 1.54) is 22.2 Å². The van der Waals surface area contributed by atoms with Crippen molar-refractivity contribution in [1.82, 2.24) is 24.7 Å². The first-order chi connectivity index (χ1) is 10.9. The largest absolute Gasteiger partial charge is 0.330 e. The van der Waals surface area contributed by atoms with Gasteiger partial charge in [0.25, 0.3) is 11.8 Å². The molecule has 3 rings (SSSR count). The summed E-state index contributed by atoms with van der Waals surface area (Å²) in [6.07, 6.45) is 0. The maximum absolute atomic E-state index is 12.6. The SMILES string of the molecule is Cn1c(C(=O)N2CCn3nc(C(=O)NO)cc3C2)cc(Cl)c1Cl. The van der Waals surface area contributed by atoms with Crippen LogP contribution in [0.4, 0.5) is 0 Å². The van der Waals surface area contributed by atoms with Crippen LogP contribution < -0.4 is 5.48 Å². The predicted molar refractivity (Wildman–Crippen MR) is 81.7 cm³/mol. The van der Waals surface area contributed by atoms with E-state index in [1.807, 2.05) is 0 Å². The lowest BCUT2D eigenvalue weighted by Crippen LogP contribution is -2.39. The maximum atomic E-state index is 12.6. The summed E-state index contributed by atoms with van der Waals surface area (Å²) < 4.78 is 3.17. The first-order valence-corrected chi connectivity index (χ1v) is 7.49.